The molecule has 0 unspecified atom stereocenters. The van der Waals surface area contributed by atoms with Crippen molar-refractivity contribution in [2.75, 3.05) is 6.54 Å². The van der Waals surface area contributed by atoms with Crippen LogP contribution in [0.3, 0.4) is 0 Å². The predicted octanol–water partition coefficient (Wildman–Crippen LogP) is 3.26. The number of carbonyl (C=O) groups is 1. The van der Waals surface area contributed by atoms with Crippen molar-refractivity contribution in [2.24, 2.45) is 0 Å². The maximum atomic E-state index is 12.4. The Bertz CT molecular complexity index is 519. The fraction of sp³-hybridized carbons (Fsp3) is 0.462. The van der Waals surface area contributed by atoms with Gasteiger partial charge in [-0.3, -0.25) is 14.9 Å². The Morgan fingerprint density at radius 1 is 1.47 bits per heavy atom. The molecule has 6 heteroatoms. The number of carbonyl (C=O) groups excluding carboxylic acids is 1. The molecule has 1 aliphatic rings. The van der Waals surface area contributed by atoms with E-state index >= 15 is 0 Å². The van der Waals surface area contributed by atoms with E-state index < -0.39 is 4.92 Å². The van der Waals surface area contributed by atoms with Crippen LogP contribution in [0.1, 0.15) is 36.5 Å². The Labute approximate surface area is 116 Å². The van der Waals surface area contributed by atoms with Crippen LogP contribution < -0.4 is 0 Å². The van der Waals surface area contributed by atoms with Crippen LogP contribution >= 0.6 is 11.6 Å². The fourth-order valence-electron chi connectivity index (χ4n) is 2.35. The number of amides is 1. The summed E-state index contributed by atoms with van der Waals surface area (Å²) in [6, 6.07) is 4.38. The van der Waals surface area contributed by atoms with Gasteiger partial charge in [-0.2, -0.15) is 0 Å². The number of halogens is 1. The minimum atomic E-state index is -0.571. The van der Waals surface area contributed by atoms with Gasteiger partial charge in [0.25, 0.3) is 11.6 Å². The van der Waals surface area contributed by atoms with Gasteiger partial charge in [-0.15, -0.1) is 0 Å². The average molecular weight is 283 g/mol. The van der Waals surface area contributed by atoms with Crippen LogP contribution in [0.5, 0.6) is 0 Å². The molecule has 5 nitrogen and oxygen atoms in total. The van der Waals surface area contributed by atoms with Gasteiger partial charge in [0.15, 0.2) is 0 Å². The summed E-state index contributed by atoms with van der Waals surface area (Å²) in [6.07, 6.45) is 3.07. The third kappa shape index (κ3) is 2.87. The molecule has 1 heterocycles. The third-order valence-electron chi connectivity index (χ3n) is 3.45. The predicted molar refractivity (Wildman–Crippen MR) is 72.5 cm³/mol. The van der Waals surface area contributed by atoms with E-state index in [1.807, 2.05) is 6.92 Å². The highest BCUT2D eigenvalue weighted by Gasteiger charge is 2.25. The zero-order valence-electron chi connectivity index (χ0n) is 10.6. The van der Waals surface area contributed by atoms with Crippen molar-refractivity contribution in [1.29, 1.82) is 0 Å². The molecule has 1 aliphatic heterocycles. The molecule has 0 N–H and O–H groups in total. The van der Waals surface area contributed by atoms with Gasteiger partial charge in [-0.25, -0.2) is 0 Å². The molecule has 0 aliphatic carbocycles. The number of nitrogens with zero attached hydrogens (tertiary/aromatic N) is 2. The van der Waals surface area contributed by atoms with E-state index in [2.05, 4.69) is 0 Å². The van der Waals surface area contributed by atoms with Crippen LogP contribution in [-0.2, 0) is 0 Å². The highest BCUT2D eigenvalue weighted by Crippen LogP contribution is 2.27. The van der Waals surface area contributed by atoms with Crippen molar-refractivity contribution in [3.8, 4) is 0 Å². The molecule has 2 rings (SSSR count). The molecule has 1 atom stereocenters. The van der Waals surface area contributed by atoms with Crippen molar-refractivity contribution in [3.05, 3.63) is 38.9 Å². The second-order valence-corrected chi connectivity index (χ2v) is 5.17. The van der Waals surface area contributed by atoms with Gasteiger partial charge in [-0.1, -0.05) is 11.6 Å². The highest BCUT2D eigenvalue weighted by atomic mass is 35.5. The number of rotatable bonds is 2. The van der Waals surface area contributed by atoms with Crippen molar-refractivity contribution in [1.82, 2.24) is 4.90 Å². The van der Waals surface area contributed by atoms with Gasteiger partial charge in [0, 0.05) is 24.2 Å². The van der Waals surface area contributed by atoms with Crippen LogP contribution in [0.15, 0.2) is 18.2 Å². The molecule has 0 bridgehead atoms. The molecule has 0 spiro atoms. The molecular formula is C13H15ClN2O3. The number of hydrogen-bond acceptors (Lipinski definition) is 3. The van der Waals surface area contributed by atoms with Crippen LogP contribution in [-0.4, -0.2) is 28.3 Å². The first-order chi connectivity index (χ1) is 9.00. The maximum absolute atomic E-state index is 12.4. The Hall–Kier alpha value is -1.62. The van der Waals surface area contributed by atoms with Crippen molar-refractivity contribution >= 4 is 23.2 Å². The molecule has 1 fully saturated rings. The van der Waals surface area contributed by atoms with Gasteiger partial charge in [0.1, 0.15) is 5.02 Å². The lowest BCUT2D eigenvalue weighted by Gasteiger charge is -2.33. The van der Waals surface area contributed by atoms with Gasteiger partial charge >= 0.3 is 0 Å². The smallest absolute Gasteiger partial charge is 0.288 e. The maximum Gasteiger partial charge on any atom is 0.288 e. The SMILES string of the molecule is C[C@@H]1CCCCN1C(=O)c1ccc(Cl)c([N+](=O)[O-])c1. The summed E-state index contributed by atoms with van der Waals surface area (Å²) in [7, 11) is 0. The summed E-state index contributed by atoms with van der Waals surface area (Å²) >= 11 is 5.74. The molecule has 102 valence electrons. The van der Waals surface area contributed by atoms with Crippen LogP contribution in [0.4, 0.5) is 5.69 Å². The number of likely N-dealkylation sites (tertiary alicyclic amines) is 1. The van der Waals surface area contributed by atoms with Crippen LogP contribution in [0.2, 0.25) is 5.02 Å². The summed E-state index contributed by atoms with van der Waals surface area (Å²) in [5.74, 6) is -0.160. The summed E-state index contributed by atoms with van der Waals surface area (Å²) in [5.41, 5.74) is 0.0991. The molecule has 0 radical (unpaired) electrons. The molecule has 1 aromatic rings. The Morgan fingerprint density at radius 2 is 2.21 bits per heavy atom. The van der Waals surface area contributed by atoms with E-state index in [4.69, 9.17) is 11.6 Å². The minimum absolute atomic E-state index is 0.0493. The number of nitro groups is 1. The molecule has 1 aromatic carbocycles. The number of nitro benzene ring substituents is 1. The van der Waals surface area contributed by atoms with Gasteiger partial charge in [-0.05, 0) is 38.3 Å². The zero-order chi connectivity index (χ0) is 14.0. The fourth-order valence-corrected chi connectivity index (χ4v) is 2.54. The topological polar surface area (TPSA) is 63.5 Å². The molecular weight excluding hydrogens is 268 g/mol. The van der Waals surface area contributed by atoms with Crippen molar-refractivity contribution in [2.45, 2.75) is 32.2 Å². The van der Waals surface area contributed by atoms with E-state index in [1.54, 1.807) is 11.0 Å². The minimum Gasteiger partial charge on any atom is -0.336 e. The van der Waals surface area contributed by atoms with E-state index in [-0.39, 0.29) is 22.7 Å². The first-order valence-corrected chi connectivity index (χ1v) is 6.63. The first-order valence-electron chi connectivity index (χ1n) is 6.25. The van der Waals surface area contributed by atoms with Gasteiger partial charge in [0.05, 0.1) is 4.92 Å². The van der Waals surface area contributed by atoms with Crippen LogP contribution in [0.25, 0.3) is 0 Å². The lowest BCUT2D eigenvalue weighted by molar-refractivity contribution is -0.384. The standard InChI is InChI=1S/C13H15ClN2O3/c1-9-4-2-3-7-15(9)13(17)10-5-6-11(14)12(8-10)16(18)19/h5-6,8-9H,2-4,7H2,1H3/t9-/m1/s1. The summed E-state index contributed by atoms with van der Waals surface area (Å²) in [5, 5.41) is 10.9. The van der Waals surface area contributed by atoms with Crippen LogP contribution in [0, 0.1) is 10.1 Å². The van der Waals surface area contributed by atoms with Crippen molar-refractivity contribution in [3.63, 3.8) is 0 Å². The second-order valence-electron chi connectivity index (χ2n) is 4.77. The third-order valence-corrected chi connectivity index (χ3v) is 3.77. The Morgan fingerprint density at radius 3 is 2.84 bits per heavy atom. The number of piperidine rings is 1. The van der Waals surface area contributed by atoms with Crippen molar-refractivity contribution < 1.29 is 9.72 Å². The molecule has 1 amide bonds. The molecule has 1 saturated heterocycles. The number of benzene rings is 1. The van der Waals surface area contributed by atoms with Gasteiger partial charge in [0.2, 0.25) is 0 Å². The molecule has 0 saturated carbocycles. The highest BCUT2D eigenvalue weighted by molar-refractivity contribution is 6.32. The summed E-state index contributed by atoms with van der Waals surface area (Å²) in [4.78, 5) is 24.4. The van der Waals surface area contributed by atoms with E-state index in [9.17, 15) is 14.9 Å². The van der Waals surface area contributed by atoms with E-state index in [0.717, 1.165) is 19.3 Å². The normalized spacial score (nSPS) is 19.3. The second kappa shape index (κ2) is 5.57. The lowest BCUT2D eigenvalue weighted by atomic mass is 10.0. The number of hydrogen-bond donors (Lipinski definition) is 0. The lowest BCUT2D eigenvalue weighted by Crippen LogP contribution is -2.42. The summed E-state index contributed by atoms with van der Waals surface area (Å²) < 4.78 is 0. The average Bonchev–Trinajstić information content (AvgIpc) is 2.38. The molecule has 0 aromatic heterocycles. The first kappa shape index (κ1) is 13.8. The van der Waals surface area contributed by atoms with Gasteiger partial charge < -0.3 is 4.90 Å². The van der Waals surface area contributed by atoms with E-state index in [0.29, 0.717) is 12.1 Å². The Balaban J connectivity index is 2.28. The monoisotopic (exact) mass is 282 g/mol. The quantitative estimate of drug-likeness (QED) is 0.618. The zero-order valence-corrected chi connectivity index (χ0v) is 11.4. The molecule has 19 heavy (non-hydrogen) atoms. The largest absolute Gasteiger partial charge is 0.336 e. The van der Waals surface area contributed by atoms with E-state index in [1.165, 1.54) is 12.1 Å². The summed E-state index contributed by atoms with van der Waals surface area (Å²) in [6.45, 7) is 2.71. The Kier molecular flexibility index (Phi) is 4.04.